The Kier molecular flexibility index (Phi) is 4.87. The Balaban J connectivity index is 1.28. The first-order valence-corrected chi connectivity index (χ1v) is 9.21. The summed E-state index contributed by atoms with van der Waals surface area (Å²) in [6, 6.07) is 0.849. The highest BCUT2D eigenvalue weighted by atomic mass is 16.5. The number of piperazine rings is 1. The third-order valence-electron chi connectivity index (χ3n) is 5.62. The number of rotatable bonds is 5. The minimum absolute atomic E-state index is 0.288. The van der Waals surface area contributed by atoms with Crippen LogP contribution in [-0.4, -0.2) is 74.9 Å². The second-order valence-corrected chi connectivity index (χ2v) is 7.16. The number of aromatic nitrogens is 4. The molecule has 0 spiro atoms. The monoisotopic (exact) mass is 320 g/mol. The highest BCUT2D eigenvalue weighted by Crippen LogP contribution is 2.24. The molecule has 1 aliphatic carbocycles. The number of hydrogen-bond acceptors (Lipinski definition) is 6. The maximum absolute atomic E-state index is 5.71. The van der Waals surface area contributed by atoms with Crippen LogP contribution in [0.25, 0.3) is 0 Å². The molecule has 23 heavy (non-hydrogen) atoms. The molecule has 0 aromatic carbocycles. The van der Waals surface area contributed by atoms with E-state index in [1.165, 1.54) is 38.8 Å². The van der Waals surface area contributed by atoms with E-state index in [-0.39, 0.29) is 6.10 Å². The summed E-state index contributed by atoms with van der Waals surface area (Å²) in [5.41, 5.74) is 0. The maximum atomic E-state index is 5.71. The third kappa shape index (κ3) is 3.72. The van der Waals surface area contributed by atoms with Gasteiger partial charge in [0.2, 0.25) is 0 Å². The van der Waals surface area contributed by atoms with Gasteiger partial charge in [0.05, 0.1) is 19.2 Å². The van der Waals surface area contributed by atoms with Crippen LogP contribution in [0.4, 0.5) is 0 Å². The molecule has 7 heteroatoms. The molecule has 3 fully saturated rings. The van der Waals surface area contributed by atoms with Crippen molar-refractivity contribution in [3.63, 3.8) is 0 Å². The molecular weight excluding hydrogens is 292 g/mol. The molecule has 2 saturated heterocycles. The highest BCUT2D eigenvalue weighted by Gasteiger charge is 2.27. The van der Waals surface area contributed by atoms with E-state index in [2.05, 4.69) is 25.3 Å². The van der Waals surface area contributed by atoms with Crippen molar-refractivity contribution in [3.8, 4) is 0 Å². The van der Waals surface area contributed by atoms with E-state index in [1.54, 1.807) is 0 Å². The van der Waals surface area contributed by atoms with E-state index in [4.69, 9.17) is 4.74 Å². The van der Waals surface area contributed by atoms with Gasteiger partial charge in [0.15, 0.2) is 5.82 Å². The molecule has 1 aromatic heterocycles. The third-order valence-corrected chi connectivity index (χ3v) is 5.62. The molecule has 3 aliphatic rings. The lowest BCUT2D eigenvalue weighted by Crippen LogP contribution is -2.49. The van der Waals surface area contributed by atoms with Crippen molar-refractivity contribution in [2.75, 3.05) is 32.8 Å². The fraction of sp³-hybridized carbons (Fsp3) is 0.938. The Morgan fingerprint density at radius 2 is 1.83 bits per heavy atom. The molecule has 1 aromatic rings. The topological polar surface area (TPSA) is 59.3 Å². The second kappa shape index (κ2) is 7.23. The molecule has 2 aliphatic heterocycles. The molecule has 4 rings (SSSR count). The molecular formula is C16H28N6O. The van der Waals surface area contributed by atoms with E-state index >= 15 is 0 Å². The van der Waals surface area contributed by atoms with Crippen molar-refractivity contribution in [2.24, 2.45) is 0 Å². The van der Waals surface area contributed by atoms with Crippen LogP contribution in [0.5, 0.6) is 0 Å². The first kappa shape index (κ1) is 15.5. The van der Waals surface area contributed by atoms with Gasteiger partial charge in [-0.05, 0) is 36.1 Å². The van der Waals surface area contributed by atoms with Crippen LogP contribution in [-0.2, 0) is 17.8 Å². The Bertz CT molecular complexity index is 487. The summed E-state index contributed by atoms with van der Waals surface area (Å²) in [7, 11) is 0. The smallest absolute Gasteiger partial charge is 0.165 e. The SMILES string of the molecule is C1CCC(N2CCN(Cc3nnnn3C[C@@H]3CCCO3)CC2)C1. The van der Waals surface area contributed by atoms with Gasteiger partial charge < -0.3 is 4.74 Å². The standard InChI is InChI=1S/C16H28N6O/c1-2-5-14(4-1)21-9-7-20(8-10-21)13-16-17-18-19-22(16)12-15-6-3-11-23-15/h14-15H,1-13H2/t15-/m0/s1. The second-order valence-electron chi connectivity index (χ2n) is 7.16. The molecule has 0 amide bonds. The van der Waals surface area contributed by atoms with Crippen molar-refractivity contribution < 1.29 is 4.74 Å². The fourth-order valence-corrected chi connectivity index (χ4v) is 4.22. The summed E-state index contributed by atoms with van der Waals surface area (Å²) >= 11 is 0. The zero-order chi connectivity index (χ0) is 15.5. The van der Waals surface area contributed by atoms with E-state index in [0.717, 1.165) is 57.5 Å². The van der Waals surface area contributed by atoms with Crippen molar-refractivity contribution in [3.05, 3.63) is 5.82 Å². The molecule has 0 radical (unpaired) electrons. The Morgan fingerprint density at radius 1 is 1.00 bits per heavy atom. The molecule has 128 valence electrons. The minimum atomic E-state index is 0.288. The molecule has 0 bridgehead atoms. The Morgan fingerprint density at radius 3 is 2.57 bits per heavy atom. The number of hydrogen-bond donors (Lipinski definition) is 0. The molecule has 7 nitrogen and oxygen atoms in total. The predicted molar refractivity (Wildman–Crippen MR) is 85.9 cm³/mol. The molecule has 0 N–H and O–H groups in total. The first-order valence-electron chi connectivity index (χ1n) is 9.21. The van der Waals surface area contributed by atoms with Gasteiger partial charge >= 0.3 is 0 Å². The van der Waals surface area contributed by atoms with Crippen molar-refractivity contribution >= 4 is 0 Å². The summed E-state index contributed by atoms with van der Waals surface area (Å²) in [6.45, 7) is 7.18. The molecule has 1 saturated carbocycles. The minimum Gasteiger partial charge on any atom is -0.376 e. The van der Waals surface area contributed by atoms with Gasteiger partial charge in [0, 0.05) is 38.8 Å². The van der Waals surface area contributed by atoms with Gasteiger partial charge in [0.25, 0.3) is 0 Å². The Labute approximate surface area is 138 Å². The summed E-state index contributed by atoms with van der Waals surface area (Å²) in [5.74, 6) is 0.981. The normalized spacial score (nSPS) is 27.9. The van der Waals surface area contributed by atoms with Gasteiger partial charge in [-0.3, -0.25) is 9.80 Å². The van der Waals surface area contributed by atoms with Crippen molar-refractivity contribution in [1.29, 1.82) is 0 Å². The van der Waals surface area contributed by atoms with Gasteiger partial charge in [-0.1, -0.05) is 12.8 Å². The number of ether oxygens (including phenoxy) is 1. The van der Waals surface area contributed by atoms with Crippen LogP contribution in [0.2, 0.25) is 0 Å². The van der Waals surface area contributed by atoms with Crippen molar-refractivity contribution in [2.45, 2.75) is 63.8 Å². The molecule has 1 atom stereocenters. The summed E-state index contributed by atoms with van der Waals surface area (Å²) < 4.78 is 7.65. The number of tetrazole rings is 1. The zero-order valence-corrected chi connectivity index (χ0v) is 13.9. The molecule has 3 heterocycles. The number of nitrogens with zero attached hydrogens (tertiary/aromatic N) is 6. The van der Waals surface area contributed by atoms with Crippen LogP contribution >= 0.6 is 0 Å². The van der Waals surface area contributed by atoms with Gasteiger partial charge in [-0.25, -0.2) is 4.68 Å². The Hall–Kier alpha value is -1.05. The lowest BCUT2D eigenvalue weighted by Gasteiger charge is -2.37. The maximum Gasteiger partial charge on any atom is 0.165 e. The van der Waals surface area contributed by atoms with Crippen LogP contribution in [0.3, 0.4) is 0 Å². The van der Waals surface area contributed by atoms with E-state index in [9.17, 15) is 0 Å². The largest absolute Gasteiger partial charge is 0.376 e. The zero-order valence-electron chi connectivity index (χ0n) is 13.9. The fourth-order valence-electron chi connectivity index (χ4n) is 4.22. The summed E-state index contributed by atoms with van der Waals surface area (Å²) in [4.78, 5) is 5.18. The van der Waals surface area contributed by atoms with Gasteiger partial charge in [-0.2, -0.15) is 0 Å². The van der Waals surface area contributed by atoms with Gasteiger partial charge in [0.1, 0.15) is 0 Å². The van der Waals surface area contributed by atoms with E-state index in [1.807, 2.05) is 4.68 Å². The lowest BCUT2D eigenvalue weighted by molar-refractivity contribution is 0.0830. The van der Waals surface area contributed by atoms with E-state index in [0.29, 0.717) is 0 Å². The predicted octanol–water partition coefficient (Wildman–Crippen LogP) is 0.912. The summed E-state index contributed by atoms with van der Waals surface area (Å²) in [5, 5.41) is 12.3. The van der Waals surface area contributed by atoms with Gasteiger partial charge in [-0.15, -0.1) is 5.10 Å². The average Bonchev–Trinajstić information content (AvgIpc) is 3.32. The average molecular weight is 320 g/mol. The summed E-state index contributed by atoms with van der Waals surface area (Å²) in [6.07, 6.45) is 8.21. The van der Waals surface area contributed by atoms with E-state index < -0.39 is 0 Å². The first-order chi connectivity index (χ1) is 11.4. The quantitative estimate of drug-likeness (QED) is 0.804. The van der Waals surface area contributed by atoms with Crippen molar-refractivity contribution in [1.82, 2.24) is 30.0 Å². The molecule has 0 unspecified atom stereocenters. The highest BCUT2D eigenvalue weighted by molar-refractivity contribution is 4.87. The van der Waals surface area contributed by atoms with Crippen LogP contribution in [0.1, 0.15) is 44.3 Å². The van der Waals surface area contributed by atoms with Crippen LogP contribution in [0, 0.1) is 0 Å². The van der Waals surface area contributed by atoms with Crippen LogP contribution < -0.4 is 0 Å². The van der Waals surface area contributed by atoms with Crippen LogP contribution in [0.15, 0.2) is 0 Å². The lowest BCUT2D eigenvalue weighted by atomic mass is 10.2.